The molecular weight excluding hydrogens is 478 g/mol. The first kappa shape index (κ1) is 24.8. The van der Waals surface area contributed by atoms with E-state index in [9.17, 15) is 18.3 Å². The van der Waals surface area contributed by atoms with Gasteiger partial charge in [-0.3, -0.25) is 0 Å². The number of carbonyl (C=O) groups is 1. The van der Waals surface area contributed by atoms with Crippen molar-refractivity contribution in [2.45, 2.75) is 22.8 Å². The Hall–Kier alpha value is -4.30. The van der Waals surface area contributed by atoms with Gasteiger partial charge in [0, 0.05) is 12.0 Å². The number of ether oxygens (including phenoxy) is 2. The molecule has 0 aromatic heterocycles. The highest BCUT2D eigenvalue weighted by molar-refractivity contribution is 7.91. The lowest BCUT2D eigenvalue weighted by molar-refractivity contribution is 0.0695. The van der Waals surface area contributed by atoms with Gasteiger partial charge in [-0.15, -0.1) is 0 Å². The Balaban J connectivity index is 1.89. The van der Waals surface area contributed by atoms with Crippen molar-refractivity contribution in [1.29, 1.82) is 0 Å². The van der Waals surface area contributed by atoms with Crippen molar-refractivity contribution in [3.05, 3.63) is 113 Å². The Morgan fingerprint density at radius 3 is 2.03 bits per heavy atom. The highest BCUT2D eigenvalue weighted by Gasteiger charge is 2.29. The van der Waals surface area contributed by atoms with Crippen molar-refractivity contribution in [2.75, 3.05) is 12.8 Å². The summed E-state index contributed by atoms with van der Waals surface area (Å²) in [6, 6.07) is 25.4. The maximum Gasteiger partial charge on any atom is 0.336 e. The second-order valence-electron chi connectivity index (χ2n) is 8.06. The topological polar surface area (TPSA) is 116 Å². The first-order valence-corrected chi connectivity index (χ1v) is 12.6. The van der Waals surface area contributed by atoms with Crippen LogP contribution in [-0.4, -0.2) is 26.6 Å². The lowest BCUT2D eigenvalue weighted by Gasteiger charge is -2.20. The van der Waals surface area contributed by atoms with E-state index >= 15 is 0 Å². The van der Waals surface area contributed by atoms with Crippen LogP contribution >= 0.6 is 0 Å². The first-order chi connectivity index (χ1) is 17.3. The number of methoxy groups -OCH3 is 1. The van der Waals surface area contributed by atoms with Crippen molar-refractivity contribution in [3.8, 4) is 11.5 Å². The van der Waals surface area contributed by atoms with Gasteiger partial charge in [0.15, 0.2) is 0 Å². The van der Waals surface area contributed by atoms with Gasteiger partial charge < -0.3 is 20.3 Å². The predicted molar refractivity (Wildman–Crippen MR) is 136 cm³/mol. The molecule has 0 radical (unpaired) electrons. The van der Waals surface area contributed by atoms with Crippen molar-refractivity contribution in [1.82, 2.24) is 0 Å². The second kappa shape index (κ2) is 10.5. The zero-order valence-corrected chi connectivity index (χ0v) is 20.4. The van der Waals surface area contributed by atoms with Gasteiger partial charge in [-0.2, -0.15) is 0 Å². The van der Waals surface area contributed by atoms with Crippen LogP contribution in [0.25, 0.3) is 0 Å². The Bertz CT molecular complexity index is 1470. The molecule has 8 heteroatoms. The van der Waals surface area contributed by atoms with Crippen LogP contribution in [0.3, 0.4) is 0 Å². The molecule has 4 rings (SSSR count). The van der Waals surface area contributed by atoms with Crippen molar-refractivity contribution < 1.29 is 27.8 Å². The van der Waals surface area contributed by atoms with Gasteiger partial charge >= 0.3 is 5.97 Å². The highest BCUT2D eigenvalue weighted by atomic mass is 32.2. The molecule has 4 aromatic rings. The Morgan fingerprint density at radius 1 is 0.889 bits per heavy atom. The SMILES string of the molecule is COc1ccc(S(=O)(=O)c2cc(C(=O)O)c(Cc3ccccc3)c(OCc3ccccc3)c2N)cc1. The number of nitrogens with two attached hydrogens (primary N) is 1. The fourth-order valence-electron chi connectivity index (χ4n) is 3.86. The van der Waals surface area contributed by atoms with Gasteiger partial charge in [-0.05, 0) is 41.5 Å². The van der Waals surface area contributed by atoms with E-state index in [1.54, 1.807) is 0 Å². The van der Waals surface area contributed by atoms with Crippen LogP contribution in [0.4, 0.5) is 5.69 Å². The van der Waals surface area contributed by atoms with E-state index in [2.05, 4.69) is 0 Å². The van der Waals surface area contributed by atoms with E-state index in [-0.39, 0.29) is 39.8 Å². The van der Waals surface area contributed by atoms with Crippen LogP contribution in [-0.2, 0) is 22.9 Å². The van der Waals surface area contributed by atoms with E-state index in [4.69, 9.17) is 15.2 Å². The number of hydrogen-bond acceptors (Lipinski definition) is 6. The Kier molecular flexibility index (Phi) is 7.26. The fraction of sp³-hybridized carbons (Fsp3) is 0.107. The number of rotatable bonds is 9. The minimum Gasteiger partial charge on any atom is -0.497 e. The summed E-state index contributed by atoms with van der Waals surface area (Å²) in [6.07, 6.45) is 0.194. The van der Waals surface area contributed by atoms with Gasteiger partial charge in [-0.25, -0.2) is 13.2 Å². The highest BCUT2D eigenvalue weighted by Crippen LogP contribution is 2.40. The summed E-state index contributed by atoms with van der Waals surface area (Å²) in [7, 11) is -2.69. The Labute approximate surface area is 209 Å². The number of carboxylic acids is 1. The number of anilines is 1. The molecule has 4 aromatic carbocycles. The van der Waals surface area contributed by atoms with Crippen molar-refractivity contribution in [2.24, 2.45) is 0 Å². The van der Waals surface area contributed by atoms with Crippen molar-refractivity contribution in [3.63, 3.8) is 0 Å². The minimum atomic E-state index is -4.17. The molecule has 0 aliphatic heterocycles. The normalized spacial score (nSPS) is 11.1. The standard InChI is InChI=1S/C28H25NO6S/c1-34-21-12-14-22(15-13-21)36(32,33)25-17-24(28(30)31)23(16-19-8-4-2-5-9-19)27(26(25)29)35-18-20-10-6-3-7-11-20/h2-15,17H,16,18,29H2,1H3,(H,30,31). The van der Waals surface area contributed by atoms with Gasteiger partial charge in [0.1, 0.15) is 18.1 Å². The summed E-state index contributed by atoms with van der Waals surface area (Å²) in [5.41, 5.74) is 8.05. The van der Waals surface area contributed by atoms with E-state index in [0.717, 1.165) is 17.2 Å². The molecule has 36 heavy (non-hydrogen) atoms. The van der Waals surface area contributed by atoms with Gasteiger partial charge in [0.25, 0.3) is 0 Å². The monoisotopic (exact) mass is 503 g/mol. The quantitative estimate of drug-likeness (QED) is 0.310. The fourth-order valence-corrected chi connectivity index (χ4v) is 5.26. The summed E-state index contributed by atoms with van der Waals surface area (Å²) in [5.74, 6) is -0.760. The third kappa shape index (κ3) is 5.18. The van der Waals surface area contributed by atoms with Crippen LogP contribution in [0.5, 0.6) is 11.5 Å². The summed E-state index contributed by atoms with van der Waals surface area (Å²) in [5, 5.41) is 10.1. The van der Waals surface area contributed by atoms with Gasteiger partial charge in [0.2, 0.25) is 9.84 Å². The summed E-state index contributed by atoms with van der Waals surface area (Å²) in [6.45, 7) is 0.0813. The summed E-state index contributed by atoms with van der Waals surface area (Å²) >= 11 is 0. The van der Waals surface area contributed by atoms with E-state index in [1.165, 1.54) is 31.4 Å². The van der Waals surface area contributed by atoms with Crippen LogP contribution in [0.1, 0.15) is 27.0 Å². The summed E-state index contributed by atoms with van der Waals surface area (Å²) in [4.78, 5) is 12.0. The zero-order chi connectivity index (χ0) is 25.7. The van der Waals surface area contributed by atoms with E-state index < -0.39 is 15.8 Å². The molecule has 0 spiro atoms. The molecule has 0 bridgehead atoms. The minimum absolute atomic E-state index is 0.0368. The lowest BCUT2D eigenvalue weighted by atomic mass is 9.97. The number of benzene rings is 4. The zero-order valence-electron chi connectivity index (χ0n) is 19.5. The van der Waals surface area contributed by atoms with Crippen LogP contribution in [0.15, 0.2) is 101 Å². The molecule has 7 nitrogen and oxygen atoms in total. The average Bonchev–Trinajstić information content (AvgIpc) is 2.89. The molecule has 0 saturated carbocycles. The average molecular weight is 504 g/mol. The Morgan fingerprint density at radius 2 is 1.47 bits per heavy atom. The van der Waals surface area contributed by atoms with Gasteiger partial charge in [0.05, 0.1) is 28.2 Å². The molecule has 0 saturated heterocycles. The number of aromatic carboxylic acids is 1. The number of sulfone groups is 1. The molecule has 184 valence electrons. The van der Waals surface area contributed by atoms with Crippen LogP contribution in [0, 0.1) is 0 Å². The predicted octanol–water partition coefficient (Wildman–Crippen LogP) is 4.98. The molecule has 0 atom stereocenters. The molecule has 0 aliphatic carbocycles. The third-order valence-electron chi connectivity index (χ3n) is 5.72. The van der Waals surface area contributed by atoms with Crippen LogP contribution < -0.4 is 15.2 Å². The smallest absolute Gasteiger partial charge is 0.336 e. The molecule has 0 fully saturated rings. The lowest BCUT2D eigenvalue weighted by Crippen LogP contribution is -2.14. The van der Waals surface area contributed by atoms with Gasteiger partial charge in [-0.1, -0.05) is 60.7 Å². The summed E-state index contributed by atoms with van der Waals surface area (Å²) < 4.78 is 38.3. The molecule has 0 unspecified atom stereocenters. The molecule has 0 heterocycles. The number of carboxylic acid groups (broad SMARTS) is 1. The maximum absolute atomic E-state index is 13.6. The third-order valence-corrected chi connectivity index (χ3v) is 7.53. The van der Waals surface area contributed by atoms with Crippen molar-refractivity contribution >= 4 is 21.5 Å². The maximum atomic E-state index is 13.6. The molecule has 0 aliphatic rings. The van der Waals surface area contributed by atoms with Crippen LogP contribution in [0.2, 0.25) is 0 Å². The van der Waals surface area contributed by atoms with E-state index in [1.807, 2.05) is 60.7 Å². The molecular formula is C28H25NO6S. The van der Waals surface area contributed by atoms with E-state index in [0.29, 0.717) is 11.3 Å². The number of nitrogen functional groups attached to an aromatic ring is 1. The largest absolute Gasteiger partial charge is 0.497 e. The molecule has 3 N–H and O–H groups in total. The first-order valence-electron chi connectivity index (χ1n) is 11.1. The second-order valence-corrected chi connectivity index (χ2v) is 9.98. The number of hydrogen-bond donors (Lipinski definition) is 2. The molecule has 0 amide bonds.